The van der Waals surface area contributed by atoms with E-state index in [1.165, 1.54) is 12.3 Å². The molecule has 1 N–H and O–H groups in total. The summed E-state index contributed by atoms with van der Waals surface area (Å²) < 4.78 is 0. The molecule has 3 nitrogen and oxygen atoms in total. The molecule has 0 spiro atoms. The van der Waals surface area contributed by atoms with Gasteiger partial charge in [-0.15, -0.1) is 0 Å². The van der Waals surface area contributed by atoms with Crippen LogP contribution in [0.15, 0.2) is 42.7 Å². The Labute approximate surface area is 120 Å². The minimum atomic E-state index is -1.05. The monoisotopic (exact) mass is 293 g/mol. The van der Waals surface area contributed by atoms with Crippen LogP contribution in [-0.2, 0) is 4.79 Å². The van der Waals surface area contributed by atoms with Crippen LogP contribution in [0.25, 0.3) is 11.6 Å². The number of nitrogens with zero attached hydrogens (tertiary/aromatic N) is 1. The number of pyridine rings is 1. The van der Waals surface area contributed by atoms with E-state index in [0.29, 0.717) is 21.2 Å². The number of carboxylic acids is 1. The Morgan fingerprint density at radius 3 is 2.63 bits per heavy atom. The highest BCUT2D eigenvalue weighted by Crippen LogP contribution is 2.28. The number of rotatable bonds is 3. The van der Waals surface area contributed by atoms with Gasteiger partial charge in [0.2, 0.25) is 0 Å². The van der Waals surface area contributed by atoms with Crippen LogP contribution in [-0.4, -0.2) is 16.1 Å². The first-order valence-corrected chi connectivity index (χ1v) is 6.14. The molecule has 5 heteroatoms. The zero-order valence-corrected chi connectivity index (χ0v) is 11.2. The van der Waals surface area contributed by atoms with E-state index < -0.39 is 5.97 Å². The van der Waals surface area contributed by atoms with Gasteiger partial charge < -0.3 is 5.11 Å². The number of carboxylic acid groups (broad SMARTS) is 1. The van der Waals surface area contributed by atoms with Crippen molar-refractivity contribution in [3.8, 4) is 0 Å². The van der Waals surface area contributed by atoms with E-state index in [-0.39, 0.29) is 5.57 Å². The van der Waals surface area contributed by atoms with Gasteiger partial charge in [0.1, 0.15) is 0 Å². The molecule has 0 aliphatic rings. The zero-order valence-electron chi connectivity index (χ0n) is 9.68. The van der Waals surface area contributed by atoms with Gasteiger partial charge in [-0.25, -0.2) is 4.79 Å². The summed E-state index contributed by atoms with van der Waals surface area (Å²) in [5.41, 5.74) is 1.17. The molecule has 0 unspecified atom stereocenters. The lowest BCUT2D eigenvalue weighted by molar-refractivity contribution is -0.130. The van der Waals surface area contributed by atoms with Gasteiger partial charge in [0.05, 0.1) is 15.6 Å². The maximum Gasteiger partial charge on any atom is 0.336 e. The maximum absolute atomic E-state index is 11.3. The fourth-order valence-electron chi connectivity index (χ4n) is 1.58. The first-order valence-electron chi connectivity index (χ1n) is 5.39. The van der Waals surface area contributed by atoms with Crippen molar-refractivity contribution in [1.29, 1.82) is 0 Å². The van der Waals surface area contributed by atoms with Crippen molar-refractivity contribution < 1.29 is 9.90 Å². The highest BCUT2D eigenvalue weighted by molar-refractivity contribution is 6.43. The molecule has 0 saturated heterocycles. The van der Waals surface area contributed by atoms with Crippen molar-refractivity contribution >= 4 is 40.8 Å². The Kier molecular flexibility index (Phi) is 4.20. The maximum atomic E-state index is 11.3. The third-order valence-electron chi connectivity index (χ3n) is 2.48. The Morgan fingerprint density at radius 1 is 1.21 bits per heavy atom. The van der Waals surface area contributed by atoms with Crippen LogP contribution in [0.2, 0.25) is 10.0 Å². The molecule has 96 valence electrons. The van der Waals surface area contributed by atoms with Crippen LogP contribution in [0.3, 0.4) is 0 Å². The average molecular weight is 294 g/mol. The van der Waals surface area contributed by atoms with Crippen LogP contribution in [0.4, 0.5) is 0 Å². The molecule has 1 aromatic heterocycles. The Bertz CT molecular complexity index is 639. The lowest BCUT2D eigenvalue weighted by Gasteiger charge is -2.04. The summed E-state index contributed by atoms with van der Waals surface area (Å²) in [6, 6.07) is 8.40. The molecule has 2 aromatic rings. The van der Waals surface area contributed by atoms with Gasteiger partial charge in [-0.2, -0.15) is 0 Å². The van der Waals surface area contributed by atoms with Gasteiger partial charge in [-0.05, 0) is 23.8 Å². The van der Waals surface area contributed by atoms with E-state index >= 15 is 0 Å². The minimum absolute atomic E-state index is 0.109. The summed E-state index contributed by atoms with van der Waals surface area (Å²) in [6.45, 7) is 0. The smallest absolute Gasteiger partial charge is 0.336 e. The summed E-state index contributed by atoms with van der Waals surface area (Å²) in [7, 11) is 0. The molecule has 0 amide bonds. The second-order valence-electron chi connectivity index (χ2n) is 3.75. The number of benzene rings is 1. The van der Waals surface area contributed by atoms with Crippen molar-refractivity contribution in [3.63, 3.8) is 0 Å². The molecule has 19 heavy (non-hydrogen) atoms. The summed E-state index contributed by atoms with van der Waals surface area (Å²) in [6.07, 6.45) is 4.54. The van der Waals surface area contributed by atoms with Gasteiger partial charge in [0.25, 0.3) is 0 Å². The fraction of sp³-hybridized carbons (Fsp3) is 0. The van der Waals surface area contributed by atoms with Crippen LogP contribution < -0.4 is 0 Å². The van der Waals surface area contributed by atoms with Gasteiger partial charge in [-0.3, -0.25) is 4.98 Å². The molecule has 0 fully saturated rings. The van der Waals surface area contributed by atoms with E-state index in [2.05, 4.69) is 4.98 Å². The molecule has 0 radical (unpaired) electrons. The molecular formula is C14H9Cl2NO2. The van der Waals surface area contributed by atoms with Crippen molar-refractivity contribution in [2.75, 3.05) is 0 Å². The quantitative estimate of drug-likeness (QED) is 0.870. The molecule has 0 atom stereocenters. The SMILES string of the molecule is O=C(O)C(=Cc1cccc(Cl)c1Cl)c1cccnc1. The molecule has 0 bridgehead atoms. The Balaban J connectivity index is 2.54. The van der Waals surface area contributed by atoms with Crippen molar-refractivity contribution in [2.45, 2.75) is 0 Å². The number of hydrogen-bond acceptors (Lipinski definition) is 2. The number of aliphatic carboxylic acids is 1. The first-order chi connectivity index (χ1) is 9.09. The lowest BCUT2D eigenvalue weighted by atomic mass is 10.0. The van der Waals surface area contributed by atoms with Gasteiger partial charge in [0.15, 0.2) is 0 Å². The summed E-state index contributed by atoms with van der Waals surface area (Å²) in [4.78, 5) is 15.2. The average Bonchev–Trinajstić information content (AvgIpc) is 2.41. The molecule has 0 saturated carbocycles. The molecular weight excluding hydrogens is 285 g/mol. The largest absolute Gasteiger partial charge is 0.478 e. The van der Waals surface area contributed by atoms with Gasteiger partial charge >= 0.3 is 5.97 Å². The minimum Gasteiger partial charge on any atom is -0.478 e. The second kappa shape index (κ2) is 5.87. The summed E-state index contributed by atoms with van der Waals surface area (Å²) in [5, 5.41) is 9.98. The fourth-order valence-corrected chi connectivity index (χ4v) is 1.94. The third kappa shape index (κ3) is 3.13. The third-order valence-corrected chi connectivity index (χ3v) is 3.32. The van der Waals surface area contributed by atoms with E-state index in [0.717, 1.165) is 0 Å². The second-order valence-corrected chi connectivity index (χ2v) is 4.53. The van der Waals surface area contributed by atoms with Crippen molar-refractivity contribution in [2.24, 2.45) is 0 Å². The van der Waals surface area contributed by atoms with Crippen LogP contribution in [0.1, 0.15) is 11.1 Å². The molecule has 1 aromatic carbocycles. The van der Waals surface area contributed by atoms with Crippen LogP contribution >= 0.6 is 23.2 Å². The van der Waals surface area contributed by atoms with E-state index in [9.17, 15) is 9.90 Å². The topological polar surface area (TPSA) is 50.2 Å². The normalized spacial score (nSPS) is 11.4. The Hall–Kier alpha value is -1.84. The molecule has 0 aliphatic heterocycles. The van der Waals surface area contributed by atoms with Crippen LogP contribution in [0.5, 0.6) is 0 Å². The van der Waals surface area contributed by atoms with Crippen LogP contribution in [0, 0.1) is 0 Å². The predicted octanol–water partition coefficient (Wildman–Crippen LogP) is 4.01. The van der Waals surface area contributed by atoms with Crippen molar-refractivity contribution in [1.82, 2.24) is 4.98 Å². The Morgan fingerprint density at radius 2 is 2.00 bits per heavy atom. The summed E-state index contributed by atoms with van der Waals surface area (Å²) >= 11 is 11.9. The summed E-state index contributed by atoms with van der Waals surface area (Å²) in [5.74, 6) is -1.05. The zero-order chi connectivity index (χ0) is 13.8. The molecule has 2 rings (SSSR count). The van der Waals surface area contributed by atoms with E-state index in [1.54, 1.807) is 36.5 Å². The molecule has 0 aliphatic carbocycles. The molecule has 1 heterocycles. The number of aromatic nitrogens is 1. The first kappa shape index (κ1) is 13.6. The predicted molar refractivity (Wildman–Crippen MR) is 76.2 cm³/mol. The number of carbonyl (C=O) groups is 1. The highest BCUT2D eigenvalue weighted by atomic mass is 35.5. The van der Waals surface area contributed by atoms with Gasteiger partial charge in [-0.1, -0.05) is 41.4 Å². The number of halogens is 2. The van der Waals surface area contributed by atoms with E-state index in [4.69, 9.17) is 23.2 Å². The highest BCUT2D eigenvalue weighted by Gasteiger charge is 2.12. The van der Waals surface area contributed by atoms with Crippen molar-refractivity contribution in [3.05, 3.63) is 63.9 Å². The number of hydrogen-bond donors (Lipinski definition) is 1. The lowest BCUT2D eigenvalue weighted by Crippen LogP contribution is -2.00. The van der Waals surface area contributed by atoms with Gasteiger partial charge in [0, 0.05) is 18.0 Å². The van der Waals surface area contributed by atoms with E-state index in [1.807, 2.05) is 0 Å². The standard InChI is InChI=1S/C14H9Cl2NO2/c15-12-5-1-3-9(13(12)16)7-11(14(18)19)10-4-2-6-17-8-10/h1-8H,(H,18,19).